The quantitative estimate of drug-likeness (QED) is 0.596. The molecular weight excluding hydrogens is 374 g/mol. The molecule has 1 aliphatic heterocycles. The molecule has 1 aliphatic rings. The Morgan fingerprint density at radius 1 is 1.11 bits per heavy atom. The number of hydrogen-bond donors (Lipinski definition) is 0. The van der Waals surface area contributed by atoms with E-state index >= 15 is 0 Å². The SMILES string of the molecule is CCCCOc1ccc(C(=O)N2CCSC2c2ccc(OC)cc2OC)cc1. The van der Waals surface area contributed by atoms with Crippen molar-refractivity contribution in [3.05, 3.63) is 53.6 Å². The van der Waals surface area contributed by atoms with Gasteiger partial charge in [0.1, 0.15) is 22.6 Å². The Labute approximate surface area is 171 Å². The number of thioether (sulfide) groups is 1. The monoisotopic (exact) mass is 401 g/mol. The standard InChI is InChI=1S/C22H27NO4S/c1-4-5-13-27-17-8-6-16(7-9-17)21(24)23-12-14-28-22(23)19-11-10-18(25-2)15-20(19)26-3/h6-11,15,22H,4-5,12-14H2,1-3H3. The lowest BCUT2D eigenvalue weighted by Crippen LogP contribution is -2.30. The number of amides is 1. The van der Waals surface area contributed by atoms with Crippen LogP contribution < -0.4 is 14.2 Å². The lowest BCUT2D eigenvalue weighted by atomic mass is 10.1. The first-order valence-corrected chi connectivity index (χ1v) is 10.6. The van der Waals surface area contributed by atoms with Crippen molar-refractivity contribution >= 4 is 17.7 Å². The van der Waals surface area contributed by atoms with Crippen molar-refractivity contribution in [3.63, 3.8) is 0 Å². The Bertz CT molecular complexity index is 794. The molecule has 1 heterocycles. The van der Waals surface area contributed by atoms with E-state index in [1.165, 1.54) is 0 Å². The van der Waals surface area contributed by atoms with Crippen molar-refractivity contribution in [2.24, 2.45) is 0 Å². The van der Waals surface area contributed by atoms with E-state index in [4.69, 9.17) is 14.2 Å². The Balaban J connectivity index is 1.76. The number of carbonyl (C=O) groups is 1. The van der Waals surface area contributed by atoms with Crippen LogP contribution in [0.25, 0.3) is 0 Å². The molecule has 0 saturated carbocycles. The average molecular weight is 402 g/mol. The fourth-order valence-electron chi connectivity index (χ4n) is 3.15. The molecule has 5 nitrogen and oxygen atoms in total. The van der Waals surface area contributed by atoms with Crippen molar-refractivity contribution in [2.45, 2.75) is 25.1 Å². The van der Waals surface area contributed by atoms with Gasteiger partial charge in [-0.25, -0.2) is 0 Å². The molecule has 0 spiro atoms. The zero-order valence-corrected chi connectivity index (χ0v) is 17.5. The second-order valence-corrected chi connectivity index (χ2v) is 7.74. The van der Waals surface area contributed by atoms with Crippen LogP contribution in [-0.4, -0.2) is 43.9 Å². The summed E-state index contributed by atoms with van der Waals surface area (Å²) in [5.41, 5.74) is 1.65. The van der Waals surface area contributed by atoms with E-state index in [0.29, 0.717) is 18.7 Å². The number of rotatable bonds is 8. The van der Waals surface area contributed by atoms with Crippen molar-refractivity contribution in [3.8, 4) is 17.2 Å². The van der Waals surface area contributed by atoms with Crippen molar-refractivity contribution < 1.29 is 19.0 Å². The molecule has 2 aromatic carbocycles. The van der Waals surface area contributed by atoms with Crippen LogP contribution in [0.4, 0.5) is 0 Å². The first kappa shape index (κ1) is 20.4. The van der Waals surface area contributed by atoms with Gasteiger partial charge in [0, 0.05) is 29.5 Å². The maximum Gasteiger partial charge on any atom is 0.255 e. The molecule has 1 fully saturated rings. The van der Waals surface area contributed by atoms with Crippen LogP contribution in [0.3, 0.4) is 0 Å². The highest BCUT2D eigenvalue weighted by molar-refractivity contribution is 7.99. The van der Waals surface area contributed by atoms with Gasteiger partial charge in [0.25, 0.3) is 5.91 Å². The highest BCUT2D eigenvalue weighted by Crippen LogP contribution is 2.43. The van der Waals surface area contributed by atoms with E-state index in [1.54, 1.807) is 26.0 Å². The Hall–Kier alpha value is -2.34. The minimum atomic E-state index is -0.0752. The highest BCUT2D eigenvalue weighted by Gasteiger charge is 2.33. The summed E-state index contributed by atoms with van der Waals surface area (Å²) >= 11 is 1.75. The topological polar surface area (TPSA) is 48.0 Å². The van der Waals surface area contributed by atoms with Gasteiger partial charge in [0.05, 0.1) is 20.8 Å². The summed E-state index contributed by atoms with van der Waals surface area (Å²) in [6, 6.07) is 13.2. The molecule has 0 bridgehead atoms. The lowest BCUT2D eigenvalue weighted by molar-refractivity contribution is 0.0759. The van der Waals surface area contributed by atoms with Crippen LogP contribution in [0.15, 0.2) is 42.5 Å². The smallest absolute Gasteiger partial charge is 0.255 e. The maximum atomic E-state index is 13.1. The molecule has 6 heteroatoms. The fourth-order valence-corrected chi connectivity index (χ4v) is 4.43. The maximum absolute atomic E-state index is 13.1. The molecule has 0 radical (unpaired) electrons. The van der Waals surface area contributed by atoms with E-state index in [9.17, 15) is 4.79 Å². The van der Waals surface area contributed by atoms with Crippen molar-refractivity contribution in [2.75, 3.05) is 33.1 Å². The van der Waals surface area contributed by atoms with Crippen molar-refractivity contribution in [1.82, 2.24) is 4.90 Å². The summed E-state index contributed by atoms with van der Waals surface area (Å²) in [6.45, 7) is 3.54. The summed E-state index contributed by atoms with van der Waals surface area (Å²) in [5.74, 6) is 3.18. The van der Waals surface area contributed by atoms with Gasteiger partial charge in [-0.2, -0.15) is 0 Å². The molecule has 1 unspecified atom stereocenters. The molecule has 150 valence electrons. The molecule has 1 saturated heterocycles. The van der Waals surface area contributed by atoms with Gasteiger partial charge in [-0.1, -0.05) is 13.3 Å². The van der Waals surface area contributed by atoms with Gasteiger partial charge in [-0.05, 0) is 42.8 Å². The lowest BCUT2D eigenvalue weighted by Gasteiger charge is -2.26. The Morgan fingerprint density at radius 3 is 2.54 bits per heavy atom. The summed E-state index contributed by atoms with van der Waals surface area (Å²) in [4.78, 5) is 15.0. The second-order valence-electron chi connectivity index (χ2n) is 6.56. The van der Waals surface area contributed by atoms with Crippen LogP contribution in [0.2, 0.25) is 0 Å². The minimum absolute atomic E-state index is 0.0213. The zero-order chi connectivity index (χ0) is 19.9. The van der Waals surface area contributed by atoms with E-state index in [-0.39, 0.29) is 11.3 Å². The van der Waals surface area contributed by atoms with Gasteiger partial charge in [0.2, 0.25) is 0 Å². The fraction of sp³-hybridized carbons (Fsp3) is 0.409. The van der Waals surface area contributed by atoms with E-state index in [1.807, 2.05) is 47.4 Å². The molecule has 0 aromatic heterocycles. The summed E-state index contributed by atoms with van der Waals surface area (Å²) in [7, 11) is 3.27. The van der Waals surface area contributed by atoms with Crippen molar-refractivity contribution in [1.29, 1.82) is 0 Å². The Kier molecular flexibility index (Phi) is 7.09. The highest BCUT2D eigenvalue weighted by atomic mass is 32.2. The number of ether oxygens (including phenoxy) is 3. The number of benzene rings is 2. The minimum Gasteiger partial charge on any atom is -0.497 e. The molecule has 3 rings (SSSR count). The molecular formula is C22H27NO4S. The zero-order valence-electron chi connectivity index (χ0n) is 16.6. The molecule has 0 N–H and O–H groups in total. The number of methoxy groups -OCH3 is 2. The molecule has 2 aromatic rings. The summed E-state index contributed by atoms with van der Waals surface area (Å²) in [6.07, 6.45) is 2.12. The third-order valence-electron chi connectivity index (χ3n) is 4.73. The van der Waals surface area contributed by atoms with Crippen LogP contribution in [0.1, 0.15) is 41.1 Å². The predicted molar refractivity (Wildman–Crippen MR) is 113 cm³/mol. The van der Waals surface area contributed by atoms with Crippen LogP contribution in [0, 0.1) is 0 Å². The summed E-state index contributed by atoms with van der Waals surface area (Å²) < 4.78 is 16.5. The van der Waals surface area contributed by atoms with Gasteiger partial charge < -0.3 is 19.1 Å². The van der Waals surface area contributed by atoms with Gasteiger partial charge in [-0.3, -0.25) is 4.79 Å². The normalized spacial score (nSPS) is 16.1. The molecule has 0 aliphatic carbocycles. The number of hydrogen-bond acceptors (Lipinski definition) is 5. The van der Waals surface area contributed by atoms with Gasteiger partial charge in [0.15, 0.2) is 0 Å². The summed E-state index contributed by atoms with van der Waals surface area (Å²) in [5, 5.41) is -0.0752. The Morgan fingerprint density at radius 2 is 1.86 bits per heavy atom. The third-order valence-corrected chi connectivity index (χ3v) is 5.97. The average Bonchev–Trinajstić information content (AvgIpc) is 3.23. The van der Waals surface area contributed by atoms with Crippen LogP contribution in [0.5, 0.6) is 17.2 Å². The van der Waals surface area contributed by atoms with Gasteiger partial charge in [-0.15, -0.1) is 11.8 Å². The molecule has 1 atom stereocenters. The number of unbranched alkanes of at least 4 members (excludes halogenated alkanes) is 1. The van der Waals surface area contributed by atoms with E-state index in [2.05, 4.69) is 6.92 Å². The van der Waals surface area contributed by atoms with Gasteiger partial charge >= 0.3 is 0 Å². The van der Waals surface area contributed by atoms with Crippen LogP contribution >= 0.6 is 11.8 Å². The van der Waals surface area contributed by atoms with E-state index < -0.39 is 0 Å². The molecule has 28 heavy (non-hydrogen) atoms. The predicted octanol–water partition coefficient (Wildman–Crippen LogP) is 4.77. The molecule has 1 amide bonds. The van der Waals surface area contributed by atoms with E-state index in [0.717, 1.165) is 41.4 Å². The number of carbonyl (C=O) groups excluding carboxylic acids is 1. The third kappa shape index (κ3) is 4.55. The second kappa shape index (κ2) is 9.73. The first-order chi connectivity index (χ1) is 13.7. The van der Waals surface area contributed by atoms with Crippen LogP contribution in [-0.2, 0) is 0 Å². The number of nitrogens with zero attached hydrogens (tertiary/aromatic N) is 1. The largest absolute Gasteiger partial charge is 0.497 e. The first-order valence-electron chi connectivity index (χ1n) is 9.55.